The van der Waals surface area contributed by atoms with Crippen LogP contribution in [0.2, 0.25) is 5.02 Å². The van der Waals surface area contributed by atoms with Crippen molar-refractivity contribution in [3.63, 3.8) is 0 Å². The Hall–Kier alpha value is -1.22. The molecule has 1 fully saturated rings. The van der Waals surface area contributed by atoms with Crippen LogP contribution in [-0.2, 0) is 4.79 Å². The average molecular weight is 239 g/mol. The van der Waals surface area contributed by atoms with E-state index < -0.39 is 5.54 Å². The Morgan fingerprint density at radius 1 is 1.44 bits per heavy atom. The van der Waals surface area contributed by atoms with Gasteiger partial charge in [0.1, 0.15) is 5.54 Å². The number of carbonyl (C=O) groups is 1. The second-order valence-electron chi connectivity index (χ2n) is 4.47. The van der Waals surface area contributed by atoms with Crippen molar-refractivity contribution in [3.05, 3.63) is 29.3 Å². The molecule has 0 spiro atoms. The van der Waals surface area contributed by atoms with Gasteiger partial charge in [-0.2, -0.15) is 0 Å². The van der Waals surface area contributed by atoms with E-state index in [0.717, 1.165) is 18.5 Å². The fourth-order valence-corrected chi connectivity index (χ4v) is 1.98. The SMILES string of the molecule is CC(Nc1ccc(Cl)cc1)(C(N)=O)C1CC1. The normalized spacial score (nSPS) is 18.9. The molecule has 3 N–H and O–H groups in total. The first-order valence-corrected chi connectivity index (χ1v) is 5.74. The van der Waals surface area contributed by atoms with Gasteiger partial charge in [-0.15, -0.1) is 0 Å². The van der Waals surface area contributed by atoms with E-state index in [0.29, 0.717) is 10.9 Å². The van der Waals surface area contributed by atoms with Crippen LogP contribution in [0.1, 0.15) is 19.8 Å². The molecule has 1 aromatic rings. The van der Waals surface area contributed by atoms with Gasteiger partial charge in [-0.3, -0.25) is 4.79 Å². The number of hydrogen-bond donors (Lipinski definition) is 2. The Morgan fingerprint density at radius 2 is 2.00 bits per heavy atom. The minimum atomic E-state index is -0.645. The second kappa shape index (κ2) is 3.98. The molecule has 16 heavy (non-hydrogen) atoms. The van der Waals surface area contributed by atoms with Gasteiger partial charge in [-0.25, -0.2) is 0 Å². The molecule has 3 nitrogen and oxygen atoms in total. The number of rotatable bonds is 4. The molecule has 1 aliphatic carbocycles. The number of benzene rings is 1. The summed E-state index contributed by atoms with van der Waals surface area (Å²) in [6, 6.07) is 7.29. The van der Waals surface area contributed by atoms with Gasteiger partial charge in [0.2, 0.25) is 5.91 Å². The van der Waals surface area contributed by atoms with Crippen LogP contribution in [0.3, 0.4) is 0 Å². The quantitative estimate of drug-likeness (QED) is 0.847. The van der Waals surface area contributed by atoms with Gasteiger partial charge in [0.25, 0.3) is 0 Å². The number of nitrogens with one attached hydrogen (secondary N) is 1. The van der Waals surface area contributed by atoms with Crippen LogP contribution in [0.25, 0.3) is 0 Å². The maximum atomic E-state index is 11.5. The van der Waals surface area contributed by atoms with Crippen LogP contribution in [-0.4, -0.2) is 11.4 Å². The predicted molar refractivity (Wildman–Crippen MR) is 65.4 cm³/mol. The van der Waals surface area contributed by atoms with E-state index in [9.17, 15) is 4.79 Å². The summed E-state index contributed by atoms with van der Waals surface area (Å²) in [5.74, 6) is 0.0469. The Kier molecular flexibility index (Phi) is 2.80. The topological polar surface area (TPSA) is 55.1 Å². The smallest absolute Gasteiger partial charge is 0.243 e. The molecule has 4 heteroatoms. The molecule has 1 amide bonds. The maximum absolute atomic E-state index is 11.5. The van der Waals surface area contributed by atoms with Gasteiger partial charge in [-0.1, -0.05) is 11.6 Å². The third-order valence-electron chi connectivity index (χ3n) is 3.15. The molecule has 1 saturated carbocycles. The summed E-state index contributed by atoms with van der Waals surface area (Å²) in [5.41, 5.74) is 5.69. The average Bonchev–Trinajstić information content (AvgIpc) is 3.04. The molecule has 1 aliphatic rings. The summed E-state index contributed by atoms with van der Waals surface area (Å²) < 4.78 is 0. The maximum Gasteiger partial charge on any atom is 0.243 e. The van der Waals surface area contributed by atoms with Crippen LogP contribution in [0, 0.1) is 5.92 Å². The van der Waals surface area contributed by atoms with E-state index in [4.69, 9.17) is 17.3 Å². The van der Waals surface area contributed by atoms with Crippen molar-refractivity contribution < 1.29 is 4.79 Å². The van der Waals surface area contributed by atoms with E-state index >= 15 is 0 Å². The van der Waals surface area contributed by atoms with Crippen molar-refractivity contribution in [1.82, 2.24) is 0 Å². The van der Waals surface area contributed by atoms with E-state index in [1.807, 2.05) is 19.1 Å². The predicted octanol–water partition coefficient (Wildman–Crippen LogP) is 2.41. The van der Waals surface area contributed by atoms with Gasteiger partial charge < -0.3 is 11.1 Å². The molecule has 0 heterocycles. The van der Waals surface area contributed by atoms with Gasteiger partial charge in [-0.05, 0) is 49.9 Å². The van der Waals surface area contributed by atoms with Crippen molar-refractivity contribution in [3.8, 4) is 0 Å². The highest BCUT2D eigenvalue weighted by atomic mass is 35.5. The molecule has 0 saturated heterocycles. The Labute approximate surface area is 100.0 Å². The summed E-state index contributed by atoms with van der Waals surface area (Å²) in [6.07, 6.45) is 2.11. The largest absolute Gasteiger partial charge is 0.371 e. The van der Waals surface area contributed by atoms with Gasteiger partial charge in [0, 0.05) is 10.7 Å². The van der Waals surface area contributed by atoms with Gasteiger partial charge in [0.15, 0.2) is 0 Å². The van der Waals surface area contributed by atoms with E-state index in [2.05, 4.69) is 5.32 Å². The minimum Gasteiger partial charge on any atom is -0.371 e. The number of primary amides is 1. The number of nitrogens with two attached hydrogens (primary N) is 1. The third kappa shape index (κ3) is 2.14. The molecule has 2 rings (SSSR count). The summed E-state index contributed by atoms with van der Waals surface area (Å²) in [7, 11) is 0. The molecule has 1 atom stereocenters. The van der Waals surface area contributed by atoms with Crippen LogP contribution in [0.5, 0.6) is 0 Å². The molecule has 0 aliphatic heterocycles. The Balaban J connectivity index is 2.17. The van der Waals surface area contributed by atoms with Crippen LogP contribution < -0.4 is 11.1 Å². The zero-order valence-corrected chi connectivity index (χ0v) is 9.92. The molecule has 0 radical (unpaired) electrons. The molecular weight excluding hydrogens is 224 g/mol. The number of halogens is 1. The first-order chi connectivity index (χ1) is 7.52. The number of anilines is 1. The highest BCUT2D eigenvalue weighted by molar-refractivity contribution is 6.30. The summed E-state index contributed by atoms with van der Waals surface area (Å²) in [6.45, 7) is 1.86. The van der Waals surface area contributed by atoms with Crippen molar-refractivity contribution in [2.24, 2.45) is 11.7 Å². The molecule has 1 unspecified atom stereocenters. The number of amides is 1. The van der Waals surface area contributed by atoms with Gasteiger partial charge >= 0.3 is 0 Å². The van der Waals surface area contributed by atoms with E-state index in [1.54, 1.807) is 12.1 Å². The highest BCUT2D eigenvalue weighted by Gasteiger charge is 2.46. The fraction of sp³-hybridized carbons (Fsp3) is 0.417. The fourth-order valence-electron chi connectivity index (χ4n) is 1.86. The first kappa shape index (κ1) is 11.3. The first-order valence-electron chi connectivity index (χ1n) is 5.36. The van der Waals surface area contributed by atoms with Crippen molar-refractivity contribution in [2.45, 2.75) is 25.3 Å². The number of hydrogen-bond acceptors (Lipinski definition) is 2. The van der Waals surface area contributed by atoms with Crippen molar-refractivity contribution in [2.75, 3.05) is 5.32 Å². The lowest BCUT2D eigenvalue weighted by Crippen LogP contribution is -2.49. The molecule has 0 aromatic heterocycles. The molecule has 86 valence electrons. The monoisotopic (exact) mass is 238 g/mol. The zero-order valence-electron chi connectivity index (χ0n) is 9.16. The Morgan fingerprint density at radius 3 is 2.44 bits per heavy atom. The van der Waals surface area contributed by atoms with Crippen molar-refractivity contribution >= 4 is 23.2 Å². The van der Waals surface area contributed by atoms with Crippen LogP contribution in [0.4, 0.5) is 5.69 Å². The van der Waals surface area contributed by atoms with Crippen LogP contribution in [0.15, 0.2) is 24.3 Å². The van der Waals surface area contributed by atoms with Crippen LogP contribution >= 0.6 is 11.6 Å². The lowest BCUT2D eigenvalue weighted by atomic mass is 9.94. The lowest BCUT2D eigenvalue weighted by molar-refractivity contribution is -0.122. The summed E-state index contributed by atoms with van der Waals surface area (Å²) in [5, 5.41) is 3.89. The van der Waals surface area contributed by atoms with Gasteiger partial charge in [0.05, 0.1) is 0 Å². The summed E-state index contributed by atoms with van der Waals surface area (Å²) >= 11 is 5.80. The number of carbonyl (C=O) groups excluding carboxylic acids is 1. The third-order valence-corrected chi connectivity index (χ3v) is 3.41. The lowest BCUT2D eigenvalue weighted by Gasteiger charge is -2.28. The standard InChI is InChI=1S/C12H15ClN2O/c1-12(11(14)16,8-2-3-8)15-10-6-4-9(13)5-7-10/h4-8,15H,2-3H2,1H3,(H2,14,16). The van der Waals surface area contributed by atoms with Crippen molar-refractivity contribution in [1.29, 1.82) is 0 Å². The van der Waals surface area contributed by atoms with E-state index in [-0.39, 0.29) is 5.91 Å². The minimum absolute atomic E-state index is 0.301. The zero-order chi connectivity index (χ0) is 11.8. The molecule has 1 aromatic carbocycles. The second-order valence-corrected chi connectivity index (χ2v) is 4.91. The van der Waals surface area contributed by atoms with E-state index in [1.165, 1.54) is 0 Å². The highest BCUT2D eigenvalue weighted by Crippen LogP contribution is 2.41. The molecule has 0 bridgehead atoms. The Bertz CT molecular complexity index is 400. The summed E-state index contributed by atoms with van der Waals surface area (Å²) in [4.78, 5) is 11.5. The molecular formula is C12H15ClN2O.